The maximum atomic E-state index is 9.80. The predicted octanol–water partition coefficient (Wildman–Crippen LogP) is 5.32. The van der Waals surface area contributed by atoms with Crippen molar-refractivity contribution >= 4 is 34.4 Å². The van der Waals surface area contributed by atoms with Crippen LogP contribution in [0.15, 0.2) is 48.9 Å². The number of nitrogens with one attached hydrogen (secondary N) is 2. The first-order valence-electron chi connectivity index (χ1n) is 12.3. The lowest BCUT2D eigenvalue weighted by molar-refractivity contribution is 0.0792. The molecule has 1 aliphatic heterocycles. The molecule has 36 heavy (non-hydrogen) atoms. The lowest BCUT2D eigenvalue weighted by Gasteiger charge is -2.29. The number of hydrogen-bond acceptors (Lipinski definition) is 6. The fourth-order valence-corrected chi connectivity index (χ4v) is 4.73. The Kier molecular flexibility index (Phi) is 6.81. The van der Waals surface area contributed by atoms with Gasteiger partial charge in [-0.05, 0) is 74.2 Å². The Morgan fingerprint density at radius 2 is 1.94 bits per heavy atom. The van der Waals surface area contributed by atoms with E-state index in [0.29, 0.717) is 5.56 Å². The van der Waals surface area contributed by atoms with E-state index >= 15 is 0 Å². The topological polar surface area (TPSA) is 101 Å². The molecule has 1 saturated heterocycles. The second-order valence-corrected chi connectivity index (χ2v) is 9.39. The number of aliphatic hydroxyl groups excluding tert-OH is 1. The zero-order chi connectivity index (χ0) is 25.1. The average molecular weight is 479 g/mol. The molecular formula is C29H30N6O. The Hall–Kier alpha value is -3.99. The van der Waals surface area contributed by atoms with Crippen molar-refractivity contribution in [3.8, 4) is 6.07 Å². The number of aryl methyl sites for hydroxylation is 2. The van der Waals surface area contributed by atoms with Gasteiger partial charge >= 0.3 is 0 Å². The lowest BCUT2D eigenvalue weighted by atomic mass is 10.0. The van der Waals surface area contributed by atoms with Crippen LogP contribution in [-0.4, -0.2) is 44.2 Å². The molecule has 4 aromatic rings. The first-order valence-corrected chi connectivity index (χ1v) is 12.3. The molecule has 1 aromatic carbocycles. The summed E-state index contributed by atoms with van der Waals surface area (Å²) in [6.45, 7) is 6.69. The summed E-state index contributed by atoms with van der Waals surface area (Å²) in [5, 5.41) is 24.2. The van der Waals surface area contributed by atoms with E-state index in [9.17, 15) is 10.4 Å². The second-order valence-electron chi connectivity index (χ2n) is 9.39. The minimum Gasteiger partial charge on any atom is -0.393 e. The van der Waals surface area contributed by atoms with Crippen molar-refractivity contribution in [2.45, 2.75) is 39.3 Å². The van der Waals surface area contributed by atoms with Gasteiger partial charge in [-0.1, -0.05) is 6.07 Å². The number of anilines is 2. The summed E-state index contributed by atoms with van der Waals surface area (Å²) in [6, 6.07) is 12.5. The average Bonchev–Trinajstić information content (AvgIpc) is 3.37. The van der Waals surface area contributed by atoms with E-state index in [-0.39, 0.29) is 6.10 Å². The van der Waals surface area contributed by atoms with E-state index < -0.39 is 0 Å². The Labute approximate surface area is 211 Å². The predicted molar refractivity (Wildman–Crippen MR) is 144 cm³/mol. The van der Waals surface area contributed by atoms with Gasteiger partial charge in [-0.3, -0.25) is 14.9 Å². The molecule has 7 heteroatoms. The summed E-state index contributed by atoms with van der Waals surface area (Å²) in [7, 11) is 0. The van der Waals surface area contributed by atoms with Crippen LogP contribution in [0.5, 0.6) is 0 Å². The number of nitrogens with zero attached hydrogens (tertiary/aromatic N) is 4. The minimum absolute atomic E-state index is 0.163. The monoisotopic (exact) mass is 478 g/mol. The summed E-state index contributed by atoms with van der Waals surface area (Å²) in [6.07, 6.45) is 10.9. The van der Waals surface area contributed by atoms with Crippen LogP contribution in [0.1, 0.15) is 46.5 Å². The molecule has 0 unspecified atom stereocenters. The molecule has 1 fully saturated rings. The number of aliphatic hydroxyl groups is 1. The van der Waals surface area contributed by atoms with Crippen LogP contribution in [0.25, 0.3) is 23.1 Å². The van der Waals surface area contributed by atoms with Gasteiger partial charge in [-0.15, -0.1) is 0 Å². The molecule has 0 bridgehead atoms. The van der Waals surface area contributed by atoms with Crippen LogP contribution < -0.4 is 5.32 Å². The number of pyridine rings is 2. The number of hydrogen-bond donors (Lipinski definition) is 3. The van der Waals surface area contributed by atoms with E-state index in [1.54, 1.807) is 6.20 Å². The summed E-state index contributed by atoms with van der Waals surface area (Å²) in [5.74, 6) is 0. The first-order chi connectivity index (χ1) is 17.5. The number of rotatable bonds is 6. The van der Waals surface area contributed by atoms with E-state index in [1.807, 2.05) is 49.7 Å². The Balaban J connectivity index is 1.39. The van der Waals surface area contributed by atoms with Crippen molar-refractivity contribution in [3.05, 3.63) is 82.6 Å². The molecule has 0 saturated carbocycles. The number of piperidine rings is 1. The Morgan fingerprint density at radius 1 is 1.11 bits per heavy atom. The number of aromatic amines is 1. The molecule has 0 atom stereocenters. The lowest BCUT2D eigenvalue weighted by Crippen LogP contribution is -2.35. The smallest absolute Gasteiger partial charge is 0.103 e. The number of benzene rings is 1. The summed E-state index contributed by atoms with van der Waals surface area (Å²) in [5.41, 5.74) is 8.06. The highest BCUT2D eigenvalue weighted by Crippen LogP contribution is 2.32. The van der Waals surface area contributed by atoms with Gasteiger partial charge in [-0.25, -0.2) is 0 Å². The van der Waals surface area contributed by atoms with Crippen molar-refractivity contribution in [1.29, 1.82) is 5.26 Å². The molecule has 7 nitrogen and oxygen atoms in total. The number of nitriles is 1. The molecule has 0 aliphatic carbocycles. The zero-order valence-corrected chi connectivity index (χ0v) is 20.6. The number of fused-ring (bicyclic) bond motifs is 1. The largest absolute Gasteiger partial charge is 0.393 e. The summed E-state index contributed by atoms with van der Waals surface area (Å²) in [4.78, 5) is 14.7. The maximum Gasteiger partial charge on any atom is 0.103 e. The van der Waals surface area contributed by atoms with Crippen LogP contribution >= 0.6 is 0 Å². The van der Waals surface area contributed by atoms with Crippen LogP contribution in [0.4, 0.5) is 11.4 Å². The molecule has 0 spiro atoms. The van der Waals surface area contributed by atoms with Crippen LogP contribution in [0.3, 0.4) is 0 Å². The molecule has 3 N–H and O–H groups in total. The quantitative estimate of drug-likeness (QED) is 0.347. The highest BCUT2D eigenvalue weighted by molar-refractivity contribution is 5.90. The third-order valence-corrected chi connectivity index (χ3v) is 6.93. The van der Waals surface area contributed by atoms with Crippen molar-refractivity contribution in [1.82, 2.24) is 19.9 Å². The number of H-pyrrole nitrogens is 1. The van der Waals surface area contributed by atoms with Gasteiger partial charge in [-0.2, -0.15) is 5.26 Å². The van der Waals surface area contributed by atoms with E-state index in [0.717, 1.165) is 82.8 Å². The van der Waals surface area contributed by atoms with Gasteiger partial charge in [0.15, 0.2) is 0 Å². The van der Waals surface area contributed by atoms with Crippen LogP contribution in [0.2, 0.25) is 0 Å². The molecule has 0 amide bonds. The van der Waals surface area contributed by atoms with Crippen molar-refractivity contribution in [2.75, 3.05) is 18.4 Å². The maximum absolute atomic E-state index is 9.80. The van der Waals surface area contributed by atoms with Gasteiger partial charge in [0, 0.05) is 66.1 Å². The van der Waals surface area contributed by atoms with Gasteiger partial charge in [0.05, 0.1) is 23.0 Å². The first kappa shape index (κ1) is 23.7. The van der Waals surface area contributed by atoms with Gasteiger partial charge in [0.25, 0.3) is 0 Å². The zero-order valence-electron chi connectivity index (χ0n) is 20.6. The normalized spacial score (nSPS) is 14.9. The van der Waals surface area contributed by atoms with E-state index in [4.69, 9.17) is 0 Å². The number of likely N-dealkylation sites (tertiary alicyclic amines) is 1. The third kappa shape index (κ3) is 5.01. The van der Waals surface area contributed by atoms with Crippen molar-refractivity contribution in [3.63, 3.8) is 0 Å². The minimum atomic E-state index is -0.163. The second kappa shape index (κ2) is 10.3. The van der Waals surface area contributed by atoms with E-state index in [1.165, 1.54) is 0 Å². The van der Waals surface area contributed by atoms with Gasteiger partial charge in [0.2, 0.25) is 0 Å². The molecule has 182 valence electrons. The third-order valence-electron chi connectivity index (χ3n) is 6.93. The Morgan fingerprint density at radius 3 is 2.69 bits per heavy atom. The molecule has 0 radical (unpaired) electrons. The summed E-state index contributed by atoms with van der Waals surface area (Å²) < 4.78 is 0. The molecule has 4 heterocycles. The molecule has 1 aliphatic rings. The SMILES string of the molecule is Cc1ncc(C#N)c(Nc2ccc3[nH]ccc3c2C)c1C=Cc1ccc(CN2CCC(O)CC2)cn1. The standard InChI is InChI=1S/C29H30N6O/c1-19-25-9-12-31-28(25)8-7-27(19)34-29-22(15-30)17-32-20(2)26(29)6-5-23-4-3-21(16-33-23)18-35-13-10-24(36)11-14-35/h3-9,12,16-17,24,31,36H,10-11,13-14,18H2,1-2H3,(H,32,34). The van der Waals surface area contributed by atoms with Crippen molar-refractivity contribution in [2.24, 2.45) is 0 Å². The number of aromatic nitrogens is 3. The molecular weight excluding hydrogens is 448 g/mol. The Bertz CT molecular complexity index is 1440. The van der Waals surface area contributed by atoms with Crippen LogP contribution in [-0.2, 0) is 6.54 Å². The van der Waals surface area contributed by atoms with Crippen molar-refractivity contribution < 1.29 is 5.11 Å². The highest BCUT2D eigenvalue weighted by atomic mass is 16.3. The molecule has 3 aromatic heterocycles. The molecule has 5 rings (SSSR count). The fourth-order valence-electron chi connectivity index (χ4n) is 4.73. The van der Waals surface area contributed by atoms with E-state index in [2.05, 4.69) is 50.3 Å². The fraction of sp³-hybridized carbons (Fsp3) is 0.276. The highest BCUT2D eigenvalue weighted by Gasteiger charge is 2.17. The van der Waals surface area contributed by atoms with Crippen LogP contribution in [0, 0.1) is 25.2 Å². The van der Waals surface area contributed by atoms with Gasteiger partial charge in [0.1, 0.15) is 6.07 Å². The summed E-state index contributed by atoms with van der Waals surface area (Å²) >= 11 is 0. The van der Waals surface area contributed by atoms with Gasteiger partial charge < -0.3 is 15.4 Å².